The van der Waals surface area contributed by atoms with Gasteiger partial charge in [0.15, 0.2) is 11.5 Å². The van der Waals surface area contributed by atoms with Crippen LogP contribution in [0, 0.1) is 13.8 Å². The molecule has 2 heteroatoms. The number of ether oxygens (including phenoxy) is 2. The normalized spacial score (nSPS) is 14.6. The molecule has 0 heterocycles. The van der Waals surface area contributed by atoms with Gasteiger partial charge in [-0.2, -0.15) is 0 Å². The predicted octanol–water partition coefficient (Wildman–Crippen LogP) is 4.91. The standard InChI is InChI=1S/C19H22O2/c1-13-7-8-15(11-14(13)2)16-9-10-18(20-3)19(12-16)21-17-5-4-6-17/h7-12,17H,4-6H2,1-3H3. The lowest BCUT2D eigenvalue weighted by atomic mass is 9.96. The SMILES string of the molecule is COc1ccc(-c2ccc(C)c(C)c2)cc1OC1CCC1. The van der Waals surface area contributed by atoms with Crippen LogP contribution in [0.1, 0.15) is 30.4 Å². The number of hydrogen-bond donors (Lipinski definition) is 0. The molecule has 0 amide bonds. The van der Waals surface area contributed by atoms with Gasteiger partial charge in [-0.3, -0.25) is 0 Å². The van der Waals surface area contributed by atoms with Crippen molar-refractivity contribution in [2.45, 2.75) is 39.2 Å². The summed E-state index contributed by atoms with van der Waals surface area (Å²) in [7, 11) is 1.69. The summed E-state index contributed by atoms with van der Waals surface area (Å²) in [6.45, 7) is 4.28. The molecule has 1 aliphatic carbocycles. The van der Waals surface area contributed by atoms with Gasteiger partial charge in [0.25, 0.3) is 0 Å². The largest absolute Gasteiger partial charge is 0.493 e. The number of hydrogen-bond acceptors (Lipinski definition) is 2. The average Bonchev–Trinajstić information content (AvgIpc) is 2.45. The van der Waals surface area contributed by atoms with Crippen LogP contribution in [-0.4, -0.2) is 13.2 Å². The number of methoxy groups -OCH3 is 1. The third-order valence-corrected chi connectivity index (χ3v) is 4.35. The van der Waals surface area contributed by atoms with Gasteiger partial charge in [0.05, 0.1) is 13.2 Å². The monoisotopic (exact) mass is 282 g/mol. The maximum absolute atomic E-state index is 6.06. The third kappa shape index (κ3) is 2.90. The Morgan fingerprint density at radius 1 is 0.857 bits per heavy atom. The summed E-state index contributed by atoms with van der Waals surface area (Å²) >= 11 is 0. The molecule has 2 nitrogen and oxygen atoms in total. The molecule has 0 unspecified atom stereocenters. The second-order valence-electron chi connectivity index (χ2n) is 5.84. The molecule has 0 N–H and O–H groups in total. The molecule has 110 valence electrons. The summed E-state index contributed by atoms with van der Waals surface area (Å²) < 4.78 is 11.5. The molecule has 0 aromatic heterocycles. The van der Waals surface area contributed by atoms with Gasteiger partial charge < -0.3 is 9.47 Å². The van der Waals surface area contributed by atoms with Crippen molar-refractivity contribution in [1.29, 1.82) is 0 Å². The Balaban J connectivity index is 1.94. The van der Waals surface area contributed by atoms with Crippen molar-refractivity contribution < 1.29 is 9.47 Å². The Hall–Kier alpha value is -1.96. The lowest BCUT2D eigenvalue weighted by Gasteiger charge is -2.27. The smallest absolute Gasteiger partial charge is 0.162 e. The van der Waals surface area contributed by atoms with E-state index in [2.05, 4.69) is 44.2 Å². The quantitative estimate of drug-likeness (QED) is 0.793. The zero-order valence-corrected chi connectivity index (χ0v) is 13.0. The Labute approximate surface area is 126 Å². The van der Waals surface area contributed by atoms with Crippen LogP contribution in [0.2, 0.25) is 0 Å². The van der Waals surface area contributed by atoms with Gasteiger partial charge in [-0.1, -0.05) is 24.3 Å². The second kappa shape index (κ2) is 5.80. The topological polar surface area (TPSA) is 18.5 Å². The molecule has 3 rings (SSSR count). The van der Waals surface area contributed by atoms with E-state index in [0.29, 0.717) is 6.10 Å². The molecule has 0 spiro atoms. The van der Waals surface area contributed by atoms with E-state index in [4.69, 9.17) is 9.47 Å². The highest BCUT2D eigenvalue weighted by atomic mass is 16.5. The molecule has 1 saturated carbocycles. The molecule has 0 bridgehead atoms. The highest BCUT2D eigenvalue weighted by molar-refractivity contribution is 5.68. The molecule has 0 saturated heterocycles. The zero-order chi connectivity index (χ0) is 14.8. The highest BCUT2D eigenvalue weighted by Gasteiger charge is 2.21. The fraction of sp³-hybridized carbons (Fsp3) is 0.368. The van der Waals surface area contributed by atoms with Crippen molar-refractivity contribution in [1.82, 2.24) is 0 Å². The van der Waals surface area contributed by atoms with Gasteiger partial charge in [-0.15, -0.1) is 0 Å². The predicted molar refractivity (Wildman–Crippen MR) is 86.2 cm³/mol. The molecule has 2 aromatic rings. The Morgan fingerprint density at radius 2 is 1.57 bits per heavy atom. The van der Waals surface area contributed by atoms with Crippen molar-refractivity contribution in [2.75, 3.05) is 7.11 Å². The van der Waals surface area contributed by atoms with E-state index in [0.717, 1.165) is 24.3 Å². The van der Waals surface area contributed by atoms with E-state index in [1.54, 1.807) is 7.11 Å². The van der Waals surface area contributed by atoms with E-state index in [9.17, 15) is 0 Å². The summed E-state index contributed by atoms with van der Waals surface area (Å²) in [6.07, 6.45) is 3.92. The van der Waals surface area contributed by atoms with Crippen molar-refractivity contribution in [3.05, 3.63) is 47.5 Å². The second-order valence-corrected chi connectivity index (χ2v) is 5.84. The van der Waals surface area contributed by atoms with E-state index in [1.807, 2.05) is 6.07 Å². The molecule has 0 radical (unpaired) electrons. The minimum absolute atomic E-state index is 0.355. The molecule has 2 aromatic carbocycles. The van der Waals surface area contributed by atoms with Crippen molar-refractivity contribution >= 4 is 0 Å². The Bertz CT molecular complexity index is 642. The maximum atomic E-state index is 6.06. The number of aryl methyl sites for hydroxylation is 2. The van der Waals surface area contributed by atoms with Crippen LogP contribution in [0.3, 0.4) is 0 Å². The van der Waals surface area contributed by atoms with Gasteiger partial charge in [0.1, 0.15) is 0 Å². The van der Waals surface area contributed by atoms with E-state index in [-0.39, 0.29) is 0 Å². The summed E-state index contributed by atoms with van der Waals surface area (Å²) in [6, 6.07) is 12.7. The van der Waals surface area contributed by atoms with Gasteiger partial charge >= 0.3 is 0 Å². The molecule has 0 atom stereocenters. The first-order chi connectivity index (χ1) is 10.2. The lowest BCUT2D eigenvalue weighted by Crippen LogP contribution is -2.24. The summed E-state index contributed by atoms with van der Waals surface area (Å²) in [4.78, 5) is 0. The third-order valence-electron chi connectivity index (χ3n) is 4.35. The number of benzene rings is 2. The van der Waals surface area contributed by atoms with Crippen LogP contribution >= 0.6 is 0 Å². The first-order valence-corrected chi connectivity index (χ1v) is 7.59. The van der Waals surface area contributed by atoms with Crippen LogP contribution in [-0.2, 0) is 0 Å². The molecule has 1 fully saturated rings. The highest BCUT2D eigenvalue weighted by Crippen LogP contribution is 2.36. The van der Waals surface area contributed by atoms with Crippen LogP contribution < -0.4 is 9.47 Å². The van der Waals surface area contributed by atoms with Crippen molar-refractivity contribution in [3.63, 3.8) is 0 Å². The first-order valence-electron chi connectivity index (χ1n) is 7.59. The summed E-state index contributed by atoms with van der Waals surface area (Å²) in [5.41, 5.74) is 5.02. The van der Waals surface area contributed by atoms with Gasteiger partial charge in [0, 0.05) is 0 Å². The summed E-state index contributed by atoms with van der Waals surface area (Å²) in [5.74, 6) is 1.67. The molecule has 21 heavy (non-hydrogen) atoms. The van der Waals surface area contributed by atoms with Gasteiger partial charge in [0.2, 0.25) is 0 Å². The van der Waals surface area contributed by atoms with Crippen LogP contribution in [0.4, 0.5) is 0 Å². The van der Waals surface area contributed by atoms with E-state index >= 15 is 0 Å². The fourth-order valence-electron chi connectivity index (χ4n) is 2.54. The minimum atomic E-state index is 0.355. The van der Waals surface area contributed by atoms with E-state index in [1.165, 1.54) is 28.7 Å². The Kier molecular flexibility index (Phi) is 3.87. The first kappa shape index (κ1) is 14.0. The minimum Gasteiger partial charge on any atom is -0.493 e. The van der Waals surface area contributed by atoms with Crippen LogP contribution in [0.15, 0.2) is 36.4 Å². The van der Waals surface area contributed by atoms with Crippen LogP contribution in [0.5, 0.6) is 11.5 Å². The molecule has 0 aliphatic heterocycles. The van der Waals surface area contributed by atoms with Crippen molar-refractivity contribution in [3.8, 4) is 22.6 Å². The lowest BCUT2D eigenvalue weighted by molar-refractivity contribution is 0.116. The van der Waals surface area contributed by atoms with Crippen LogP contribution in [0.25, 0.3) is 11.1 Å². The van der Waals surface area contributed by atoms with Crippen molar-refractivity contribution in [2.24, 2.45) is 0 Å². The molecule has 1 aliphatic rings. The number of rotatable bonds is 4. The van der Waals surface area contributed by atoms with E-state index < -0.39 is 0 Å². The maximum Gasteiger partial charge on any atom is 0.162 e. The van der Waals surface area contributed by atoms with Gasteiger partial charge in [-0.25, -0.2) is 0 Å². The Morgan fingerprint density at radius 3 is 2.19 bits per heavy atom. The summed E-state index contributed by atoms with van der Waals surface area (Å²) in [5, 5.41) is 0. The zero-order valence-electron chi connectivity index (χ0n) is 13.0. The molecular formula is C19H22O2. The average molecular weight is 282 g/mol. The fourth-order valence-corrected chi connectivity index (χ4v) is 2.54. The molecular weight excluding hydrogens is 260 g/mol. The van der Waals surface area contributed by atoms with Gasteiger partial charge in [-0.05, 0) is 67.5 Å².